The zero-order chi connectivity index (χ0) is 20.4. The zero-order valence-corrected chi connectivity index (χ0v) is 17.8. The lowest BCUT2D eigenvalue weighted by Crippen LogP contribution is -2.14. The van der Waals surface area contributed by atoms with Gasteiger partial charge in [-0.05, 0) is 42.8 Å². The second-order valence-electron chi connectivity index (χ2n) is 6.39. The van der Waals surface area contributed by atoms with E-state index < -0.39 is 5.91 Å². The van der Waals surface area contributed by atoms with Crippen LogP contribution in [0.4, 0.5) is 5.69 Å². The molecular weight excluding hydrogens is 452 g/mol. The molecule has 0 saturated heterocycles. The molecule has 1 N–H and O–H groups in total. The van der Waals surface area contributed by atoms with Gasteiger partial charge < -0.3 is 5.32 Å². The highest BCUT2D eigenvalue weighted by molar-refractivity contribution is 9.10. The van der Waals surface area contributed by atoms with Crippen LogP contribution in [0.25, 0.3) is 17.1 Å². The van der Waals surface area contributed by atoms with E-state index in [9.17, 15) is 4.79 Å². The molecule has 4 rings (SSSR count). The standard InChI is InChI=1S/C22H16BrClN4O/c1-14-18(24)11-6-12-19(14)28-21(15-7-3-2-4-8-15)26-20(27-28)22(29)25-17-10-5-9-16(23)13-17/h2-13H,1H3,(H,25,29). The number of hydrogen-bond donors (Lipinski definition) is 1. The fourth-order valence-corrected chi connectivity index (χ4v) is 3.50. The van der Waals surface area contributed by atoms with Crippen molar-refractivity contribution < 1.29 is 4.79 Å². The van der Waals surface area contributed by atoms with E-state index in [4.69, 9.17) is 11.6 Å². The number of rotatable bonds is 4. The van der Waals surface area contributed by atoms with E-state index in [0.29, 0.717) is 16.5 Å². The molecule has 29 heavy (non-hydrogen) atoms. The summed E-state index contributed by atoms with van der Waals surface area (Å²) in [6.45, 7) is 1.91. The first-order valence-corrected chi connectivity index (χ1v) is 10.0. The first-order valence-electron chi connectivity index (χ1n) is 8.88. The largest absolute Gasteiger partial charge is 0.319 e. The van der Waals surface area contributed by atoms with Gasteiger partial charge in [0.15, 0.2) is 5.82 Å². The fraction of sp³-hybridized carbons (Fsp3) is 0.0455. The fourth-order valence-electron chi connectivity index (χ4n) is 2.93. The van der Waals surface area contributed by atoms with Gasteiger partial charge in [0, 0.05) is 20.7 Å². The Kier molecular flexibility index (Phi) is 5.47. The van der Waals surface area contributed by atoms with E-state index in [0.717, 1.165) is 21.3 Å². The SMILES string of the molecule is Cc1c(Cl)cccc1-n1nc(C(=O)Nc2cccc(Br)c2)nc1-c1ccccc1. The number of anilines is 1. The lowest BCUT2D eigenvalue weighted by atomic mass is 10.2. The average Bonchev–Trinajstić information content (AvgIpc) is 3.16. The number of carbonyl (C=O) groups excluding carboxylic acids is 1. The topological polar surface area (TPSA) is 59.8 Å². The summed E-state index contributed by atoms with van der Waals surface area (Å²) in [7, 11) is 0. The van der Waals surface area contributed by atoms with Crippen molar-refractivity contribution in [3.63, 3.8) is 0 Å². The summed E-state index contributed by atoms with van der Waals surface area (Å²) in [6, 6.07) is 22.5. The summed E-state index contributed by atoms with van der Waals surface area (Å²) in [6.07, 6.45) is 0. The number of halogens is 2. The van der Waals surface area contributed by atoms with Crippen LogP contribution in [0.1, 0.15) is 16.2 Å². The number of nitrogens with one attached hydrogen (secondary N) is 1. The number of hydrogen-bond acceptors (Lipinski definition) is 3. The minimum Gasteiger partial charge on any atom is -0.319 e. The summed E-state index contributed by atoms with van der Waals surface area (Å²) >= 11 is 9.71. The van der Waals surface area contributed by atoms with Gasteiger partial charge >= 0.3 is 0 Å². The molecule has 0 aliphatic carbocycles. The third-order valence-corrected chi connectivity index (χ3v) is 5.29. The summed E-state index contributed by atoms with van der Waals surface area (Å²) in [5.41, 5.74) is 3.13. The van der Waals surface area contributed by atoms with Crippen LogP contribution in [0, 0.1) is 6.92 Å². The van der Waals surface area contributed by atoms with E-state index in [1.54, 1.807) is 10.7 Å². The van der Waals surface area contributed by atoms with Crippen molar-refractivity contribution in [1.29, 1.82) is 0 Å². The second kappa shape index (κ2) is 8.19. The number of amides is 1. The maximum atomic E-state index is 12.8. The quantitative estimate of drug-likeness (QED) is 0.406. The molecule has 1 amide bonds. The molecule has 1 heterocycles. The lowest BCUT2D eigenvalue weighted by Gasteiger charge is -2.10. The van der Waals surface area contributed by atoms with E-state index in [-0.39, 0.29) is 5.82 Å². The minimum atomic E-state index is -0.390. The lowest BCUT2D eigenvalue weighted by molar-refractivity contribution is 0.101. The van der Waals surface area contributed by atoms with Gasteiger partial charge in [-0.3, -0.25) is 4.79 Å². The number of benzene rings is 3. The Labute approximate surface area is 181 Å². The number of aromatic nitrogens is 3. The van der Waals surface area contributed by atoms with Crippen LogP contribution in [0.15, 0.2) is 77.3 Å². The van der Waals surface area contributed by atoms with Gasteiger partial charge in [-0.25, -0.2) is 9.67 Å². The molecule has 0 radical (unpaired) electrons. The average molecular weight is 468 g/mol. The maximum absolute atomic E-state index is 12.8. The van der Waals surface area contributed by atoms with E-state index in [2.05, 4.69) is 31.3 Å². The monoisotopic (exact) mass is 466 g/mol. The zero-order valence-electron chi connectivity index (χ0n) is 15.4. The molecule has 0 aliphatic heterocycles. The van der Waals surface area contributed by atoms with Crippen molar-refractivity contribution in [1.82, 2.24) is 14.8 Å². The van der Waals surface area contributed by atoms with Gasteiger partial charge in [0.1, 0.15) is 0 Å². The van der Waals surface area contributed by atoms with E-state index in [1.807, 2.05) is 73.7 Å². The Morgan fingerprint density at radius 3 is 2.55 bits per heavy atom. The van der Waals surface area contributed by atoms with Crippen molar-refractivity contribution >= 4 is 39.1 Å². The number of carbonyl (C=O) groups is 1. The molecule has 4 aromatic rings. The molecule has 0 saturated carbocycles. The van der Waals surface area contributed by atoms with Crippen LogP contribution in [0.5, 0.6) is 0 Å². The Balaban J connectivity index is 1.79. The van der Waals surface area contributed by atoms with Crippen molar-refractivity contribution in [2.75, 3.05) is 5.32 Å². The van der Waals surface area contributed by atoms with Gasteiger partial charge in [-0.15, -0.1) is 5.10 Å². The molecule has 5 nitrogen and oxygen atoms in total. The molecule has 144 valence electrons. The molecule has 0 aliphatic rings. The van der Waals surface area contributed by atoms with Gasteiger partial charge in [0.05, 0.1) is 5.69 Å². The first-order chi connectivity index (χ1) is 14.0. The summed E-state index contributed by atoms with van der Waals surface area (Å²) in [5, 5.41) is 7.96. The molecule has 0 bridgehead atoms. The van der Waals surface area contributed by atoms with Gasteiger partial charge in [0.2, 0.25) is 5.82 Å². The molecule has 0 atom stereocenters. The van der Waals surface area contributed by atoms with E-state index in [1.165, 1.54) is 0 Å². The summed E-state index contributed by atoms with van der Waals surface area (Å²) in [5.74, 6) is 0.247. The van der Waals surface area contributed by atoms with Crippen LogP contribution < -0.4 is 5.32 Å². The summed E-state index contributed by atoms with van der Waals surface area (Å²) in [4.78, 5) is 17.3. The molecule has 3 aromatic carbocycles. The van der Waals surface area contributed by atoms with Crippen LogP contribution in [0.2, 0.25) is 5.02 Å². The van der Waals surface area contributed by atoms with Crippen molar-refractivity contribution in [2.24, 2.45) is 0 Å². The smallest absolute Gasteiger partial charge is 0.295 e. The molecule has 0 fully saturated rings. The van der Waals surface area contributed by atoms with Gasteiger partial charge in [0.25, 0.3) is 5.91 Å². The maximum Gasteiger partial charge on any atom is 0.295 e. The molecule has 0 spiro atoms. The normalized spacial score (nSPS) is 10.7. The Morgan fingerprint density at radius 1 is 1.03 bits per heavy atom. The van der Waals surface area contributed by atoms with Crippen LogP contribution in [-0.2, 0) is 0 Å². The summed E-state index contributed by atoms with van der Waals surface area (Å²) < 4.78 is 2.53. The Morgan fingerprint density at radius 2 is 1.79 bits per heavy atom. The third-order valence-electron chi connectivity index (χ3n) is 4.39. The second-order valence-corrected chi connectivity index (χ2v) is 7.71. The number of nitrogens with zero attached hydrogens (tertiary/aromatic N) is 3. The first kappa shape index (κ1) is 19.4. The third kappa shape index (κ3) is 4.09. The molecular formula is C22H16BrClN4O. The van der Waals surface area contributed by atoms with Crippen molar-refractivity contribution in [2.45, 2.75) is 6.92 Å². The Bertz CT molecular complexity index is 1190. The van der Waals surface area contributed by atoms with Crippen LogP contribution in [-0.4, -0.2) is 20.7 Å². The molecule has 0 unspecified atom stereocenters. The Hall–Kier alpha value is -2.96. The van der Waals surface area contributed by atoms with E-state index >= 15 is 0 Å². The minimum absolute atomic E-state index is 0.0724. The van der Waals surface area contributed by atoms with Crippen LogP contribution in [0.3, 0.4) is 0 Å². The highest BCUT2D eigenvalue weighted by Crippen LogP contribution is 2.27. The van der Waals surface area contributed by atoms with Gasteiger partial charge in [-0.2, -0.15) is 0 Å². The highest BCUT2D eigenvalue weighted by Gasteiger charge is 2.20. The predicted octanol–water partition coefficient (Wildman–Crippen LogP) is 5.91. The highest BCUT2D eigenvalue weighted by atomic mass is 79.9. The van der Waals surface area contributed by atoms with Crippen LogP contribution >= 0.6 is 27.5 Å². The van der Waals surface area contributed by atoms with Crippen molar-refractivity contribution in [3.8, 4) is 17.1 Å². The predicted molar refractivity (Wildman–Crippen MR) is 119 cm³/mol. The molecule has 1 aromatic heterocycles. The van der Waals surface area contributed by atoms with Gasteiger partial charge in [-0.1, -0.05) is 70.0 Å². The van der Waals surface area contributed by atoms with Crippen molar-refractivity contribution in [3.05, 3.63) is 93.7 Å². The molecule has 7 heteroatoms.